The maximum atomic E-state index is 3.63. The van der Waals surface area contributed by atoms with Gasteiger partial charge in [0, 0.05) is 31.7 Å². The Labute approximate surface area is 89.1 Å². The van der Waals surface area contributed by atoms with E-state index in [1.807, 2.05) is 0 Å². The van der Waals surface area contributed by atoms with E-state index in [2.05, 4.69) is 37.9 Å². The molecule has 1 N–H and O–H groups in total. The van der Waals surface area contributed by atoms with Gasteiger partial charge < -0.3 is 5.32 Å². The van der Waals surface area contributed by atoms with E-state index in [0.29, 0.717) is 0 Å². The van der Waals surface area contributed by atoms with E-state index in [-0.39, 0.29) is 0 Å². The van der Waals surface area contributed by atoms with Crippen molar-refractivity contribution in [1.82, 2.24) is 10.2 Å². The monoisotopic (exact) mass is 198 g/mol. The summed E-state index contributed by atoms with van der Waals surface area (Å²) in [6.45, 7) is 12.9. The number of hydrogen-bond acceptors (Lipinski definition) is 2. The molecule has 0 spiro atoms. The first kappa shape index (κ1) is 12.0. The number of rotatable bonds is 4. The predicted molar refractivity (Wildman–Crippen MR) is 62.6 cm³/mol. The molecule has 0 aromatic carbocycles. The van der Waals surface area contributed by atoms with Crippen molar-refractivity contribution in [2.75, 3.05) is 19.6 Å². The third-order valence-electron chi connectivity index (χ3n) is 3.18. The van der Waals surface area contributed by atoms with Gasteiger partial charge in [0.15, 0.2) is 0 Å². The molecule has 2 atom stereocenters. The number of piperazine rings is 1. The standard InChI is InChI=1S/C12H26N2/c1-5-11-9-14(8-10(3)4)12(6-2)7-13-11/h10-13H,5-9H2,1-4H3. The van der Waals surface area contributed by atoms with Gasteiger partial charge in [-0.3, -0.25) is 4.90 Å². The Bertz CT molecular complexity index is 156. The number of nitrogens with one attached hydrogen (secondary N) is 1. The van der Waals surface area contributed by atoms with Crippen LogP contribution in [0.15, 0.2) is 0 Å². The van der Waals surface area contributed by atoms with Crippen LogP contribution in [-0.4, -0.2) is 36.6 Å². The van der Waals surface area contributed by atoms with E-state index < -0.39 is 0 Å². The first-order valence-electron chi connectivity index (χ1n) is 6.14. The lowest BCUT2D eigenvalue weighted by molar-refractivity contribution is 0.111. The predicted octanol–water partition coefficient (Wildman–Crippen LogP) is 2.10. The first-order chi connectivity index (χ1) is 6.67. The fraction of sp³-hybridized carbons (Fsp3) is 1.00. The molecule has 0 saturated carbocycles. The van der Waals surface area contributed by atoms with E-state index in [1.165, 1.54) is 32.5 Å². The fourth-order valence-electron chi connectivity index (χ4n) is 2.30. The van der Waals surface area contributed by atoms with Crippen molar-refractivity contribution in [3.8, 4) is 0 Å². The van der Waals surface area contributed by atoms with Crippen molar-refractivity contribution in [2.24, 2.45) is 5.92 Å². The highest BCUT2D eigenvalue weighted by molar-refractivity contribution is 4.85. The highest BCUT2D eigenvalue weighted by atomic mass is 15.2. The molecular weight excluding hydrogens is 172 g/mol. The largest absolute Gasteiger partial charge is 0.311 e. The van der Waals surface area contributed by atoms with Crippen LogP contribution >= 0.6 is 0 Å². The van der Waals surface area contributed by atoms with Crippen LogP contribution in [0.25, 0.3) is 0 Å². The molecule has 1 fully saturated rings. The SMILES string of the molecule is CCC1CN(CC(C)C)C(CC)CN1. The topological polar surface area (TPSA) is 15.3 Å². The summed E-state index contributed by atoms with van der Waals surface area (Å²) in [7, 11) is 0. The lowest BCUT2D eigenvalue weighted by atomic mass is 10.0. The summed E-state index contributed by atoms with van der Waals surface area (Å²) in [4.78, 5) is 2.68. The van der Waals surface area contributed by atoms with Crippen molar-refractivity contribution < 1.29 is 0 Å². The molecule has 0 aromatic rings. The maximum Gasteiger partial charge on any atom is 0.0218 e. The van der Waals surface area contributed by atoms with Gasteiger partial charge in [-0.15, -0.1) is 0 Å². The molecule has 14 heavy (non-hydrogen) atoms. The third-order valence-corrected chi connectivity index (χ3v) is 3.18. The van der Waals surface area contributed by atoms with E-state index in [0.717, 1.165) is 18.0 Å². The van der Waals surface area contributed by atoms with E-state index in [9.17, 15) is 0 Å². The van der Waals surface area contributed by atoms with E-state index in [4.69, 9.17) is 0 Å². The molecule has 0 amide bonds. The van der Waals surface area contributed by atoms with E-state index in [1.54, 1.807) is 0 Å². The lowest BCUT2D eigenvalue weighted by Gasteiger charge is -2.40. The Morgan fingerprint density at radius 2 is 2.00 bits per heavy atom. The molecular formula is C12H26N2. The summed E-state index contributed by atoms with van der Waals surface area (Å²) in [5.41, 5.74) is 0. The molecule has 1 aliphatic rings. The molecule has 2 unspecified atom stereocenters. The van der Waals surface area contributed by atoms with Crippen LogP contribution in [0.5, 0.6) is 0 Å². The van der Waals surface area contributed by atoms with Crippen LogP contribution in [0.3, 0.4) is 0 Å². The highest BCUT2D eigenvalue weighted by Crippen LogP contribution is 2.13. The zero-order chi connectivity index (χ0) is 10.6. The van der Waals surface area contributed by atoms with Gasteiger partial charge in [-0.1, -0.05) is 27.7 Å². The van der Waals surface area contributed by atoms with Gasteiger partial charge in [-0.05, 0) is 18.8 Å². The summed E-state index contributed by atoms with van der Waals surface area (Å²) >= 11 is 0. The normalized spacial score (nSPS) is 29.8. The maximum absolute atomic E-state index is 3.63. The average molecular weight is 198 g/mol. The second kappa shape index (κ2) is 5.72. The van der Waals surface area contributed by atoms with Gasteiger partial charge in [0.1, 0.15) is 0 Å². The van der Waals surface area contributed by atoms with Gasteiger partial charge in [-0.25, -0.2) is 0 Å². The zero-order valence-corrected chi connectivity index (χ0v) is 10.2. The molecule has 1 heterocycles. The molecule has 0 radical (unpaired) electrons. The van der Waals surface area contributed by atoms with E-state index >= 15 is 0 Å². The smallest absolute Gasteiger partial charge is 0.0218 e. The average Bonchev–Trinajstić information content (AvgIpc) is 2.16. The molecule has 2 heteroatoms. The van der Waals surface area contributed by atoms with Crippen molar-refractivity contribution in [3.05, 3.63) is 0 Å². The summed E-state index contributed by atoms with van der Waals surface area (Å²) in [5.74, 6) is 0.791. The van der Waals surface area contributed by atoms with Crippen molar-refractivity contribution >= 4 is 0 Å². The Balaban J connectivity index is 2.47. The van der Waals surface area contributed by atoms with Crippen LogP contribution in [0.1, 0.15) is 40.5 Å². The minimum Gasteiger partial charge on any atom is -0.311 e. The van der Waals surface area contributed by atoms with Crippen LogP contribution in [0.4, 0.5) is 0 Å². The van der Waals surface area contributed by atoms with Crippen LogP contribution in [-0.2, 0) is 0 Å². The molecule has 0 bridgehead atoms. The second-order valence-corrected chi connectivity index (χ2v) is 4.92. The minimum absolute atomic E-state index is 0.719. The molecule has 0 aromatic heterocycles. The third kappa shape index (κ3) is 3.25. The Hall–Kier alpha value is -0.0800. The van der Waals surface area contributed by atoms with Gasteiger partial charge in [0.05, 0.1) is 0 Å². The molecule has 1 saturated heterocycles. The van der Waals surface area contributed by atoms with Crippen molar-refractivity contribution in [3.63, 3.8) is 0 Å². The van der Waals surface area contributed by atoms with Gasteiger partial charge >= 0.3 is 0 Å². The quantitative estimate of drug-likeness (QED) is 0.744. The van der Waals surface area contributed by atoms with Crippen LogP contribution in [0, 0.1) is 5.92 Å². The Morgan fingerprint density at radius 1 is 1.29 bits per heavy atom. The second-order valence-electron chi connectivity index (χ2n) is 4.92. The molecule has 0 aliphatic carbocycles. The van der Waals surface area contributed by atoms with Gasteiger partial charge in [0.2, 0.25) is 0 Å². The number of nitrogens with zero attached hydrogens (tertiary/aromatic N) is 1. The molecule has 1 aliphatic heterocycles. The molecule has 2 nitrogen and oxygen atoms in total. The zero-order valence-electron chi connectivity index (χ0n) is 10.2. The van der Waals surface area contributed by atoms with Crippen LogP contribution in [0.2, 0.25) is 0 Å². The first-order valence-corrected chi connectivity index (χ1v) is 6.14. The lowest BCUT2D eigenvalue weighted by Crippen LogP contribution is -2.56. The Kier molecular flexibility index (Phi) is 4.90. The summed E-state index contributed by atoms with van der Waals surface area (Å²) in [6, 6.07) is 1.48. The summed E-state index contributed by atoms with van der Waals surface area (Å²) in [6.07, 6.45) is 2.53. The van der Waals surface area contributed by atoms with Gasteiger partial charge in [-0.2, -0.15) is 0 Å². The molecule has 84 valence electrons. The van der Waals surface area contributed by atoms with Gasteiger partial charge in [0.25, 0.3) is 0 Å². The number of hydrogen-bond donors (Lipinski definition) is 1. The van der Waals surface area contributed by atoms with Crippen LogP contribution < -0.4 is 5.32 Å². The highest BCUT2D eigenvalue weighted by Gasteiger charge is 2.25. The van der Waals surface area contributed by atoms with Crippen molar-refractivity contribution in [1.29, 1.82) is 0 Å². The van der Waals surface area contributed by atoms with Crippen molar-refractivity contribution in [2.45, 2.75) is 52.6 Å². The fourth-order valence-corrected chi connectivity index (χ4v) is 2.30. The molecule has 1 rings (SSSR count). The summed E-state index contributed by atoms with van der Waals surface area (Å²) in [5, 5.41) is 3.63. The summed E-state index contributed by atoms with van der Waals surface area (Å²) < 4.78 is 0. The minimum atomic E-state index is 0.719. The Morgan fingerprint density at radius 3 is 2.50 bits per heavy atom.